The van der Waals surface area contributed by atoms with E-state index in [1.54, 1.807) is 0 Å². The molecule has 0 radical (unpaired) electrons. The highest BCUT2D eigenvalue weighted by Crippen LogP contribution is 2.40. The topological polar surface area (TPSA) is 0 Å². The lowest BCUT2D eigenvalue weighted by atomic mass is 9.86. The van der Waals surface area contributed by atoms with E-state index >= 15 is 0 Å². The van der Waals surface area contributed by atoms with Crippen molar-refractivity contribution < 1.29 is 0 Å². The third-order valence-corrected chi connectivity index (χ3v) is 2.83. The molecule has 0 N–H and O–H groups in total. The van der Waals surface area contributed by atoms with Crippen LogP contribution in [0, 0.1) is 0 Å². The summed E-state index contributed by atoms with van der Waals surface area (Å²) in [6.45, 7) is 6.79. The van der Waals surface area contributed by atoms with E-state index in [9.17, 15) is 0 Å². The van der Waals surface area contributed by atoms with Crippen LogP contribution in [-0.2, 0) is 5.41 Å². The minimum absolute atomic E-state index is 0.294. The normalized spacial score (nSPS) is 17.5. The Balaban J connectivity index is 2.22. The molecule has 0 saturated heterocycles. The molecule has 0 heteroatoms. The molecular formula is C13H18. The molecule has 13 heavy (non-hydrogen) atoms. The summed E-state index contributed by atoms with van der Waals surface area (Å²) in [5, 5.41) is 0. The van der Waals surface area contributed by atoms with Crippen molar-refractivity contribution in [2.75, 3.05) is 0 Å². The first-order valence-electron chi connectivity index (χ1n) is 5.18. The maximum Gasteiger partial charge on any atom is -0.0132 e. The molecule has 70 valence electrons. The molecule has 1 aromatic rings. The van der Waals surface area contributed by atoms with E-state index in [0.29, 0.717) is 5.41 Å². The molecule has 0 nitrogen and oxygen atoms in total. The first-order valence-corrected chi connectivity index (χ1v) is 5.18. The van der Waals surface area contributed by atoms with Gasteiger partial charge < -0.3 is 0 Å². The average molecular weight is 174 g/mol. The fraction of sp³-hybridized carbons (Fsp3) is 0.538. The molecular weight excluding hydrogens is 156 g/mol. The summed E-state index contributed by atoms with van der Waals surface area (Å²) in [5.41, 5.74) is 3.27. The summed E-state index contributed by atoms with van der Waals surface area (Å²) in [6.07, 6.45) is 2.80. The van der Waals surface area contributed by atoms with E-state index in [0.717, 1.165) is 5.92 Å². The van der Waals surface area contributed by atoms with Crippen LogP contribution in [0.1, 0.15) is 50.7 Å². The van der Waals surface area contributed by atoms with Gasteiger partial charge in [0.1, 0.15) is 0 Å². The van der Waals surface area contributed by atoms with Crippen LogP contribution in [0.25, 0.3) is 0 Å². The number of rotatable bonds is 1. The van der Waals surface area contributed by atoms with Crippen molar-refractivity contribution in [3.8, 4) is 0 Å². The number of hydrogen-bond donors (Lipinski definition) is 0. The Labute approximate surface area is 81.0 Å². The summed E-state index contributed by atoms with van der Waals surface area (Å²) in [7, 11) is 0. The van der Waals surface area contributed by atoms with Crippen LogP contribution in [-0.4, -0.2) is 0 Å². The lowest BCUT2D eigenvalue weighted by molar-refractivity contribution is 0.590. The molecule has 0 heterocycles. The van der Waals surface area contributed by atoms with Crippen LogP contribution in [0.2, 0.25) is 0 Å². The van der Waals surface area contributed by atoms with E-state index in [2.05, 4.69) is 45.0 Å². The minimum atomic E-state index is 0.294. The zero-order chi connectivity index (χ0) is 9.47. The van der Waals surface area contributed by atoms with Crippen LogP contribution < -0.4 is 0 Å². The van der Waals surface area contributed by atoms with Crippen molar-refractivity contribution >= 4 is 0 Å². The van der Waals surface area contributed by atoms with Gasteiger partial charge in [-0.25, -0.2) is 0 Å². The Kier molecular flexibility index (Phi) is 1.94. The Hall–Kier alpha value is -0.780. The van der Waals surface area contributed by atoms with Gasteiger partial charge in [-0.05, 0) is 35.3 Å². The van der Waals surface area contributed by atoms with Crippen LogP contribution >= 0.6 is 0 Å². The lowest BCUT2D eigenvalue weighted by Crippen LogP contribution is -2.10. The Morgan fingerprint density at radius 3 is 1.92 bits per heavy atom. The summed E-state index contributed by atoms with van der Waals surface area (Å²) in [4.78, 5) is 0. The highest BCUT2D eigenvalue weighted by molar-refractivity contribution is 5.31. The maximum absolute atomic E-state index is 2.30. The summed E-state index contributed by atoms with van der Waals surface area (Å²) in [6, 6.07) is 9.18. The van der Waals surface area contributed by atoms with E-state index in [-0.39, 0.29) is 0 Å². The molecule has 0 aliphatic heterocycles. The molecule has 2 rings (SSSR count). The third kappa shape index (κ3) is 1.93. The van der Waals surface area contributed by atoms with Crippen molar-refractivity contribution in [2.24, 2.45) is 0 Å². The second-order valence-corrected chi connectivity index (χ2v) is 5.15. The first kappa shape index (κ1) is 8.80. The standard InChI is InChI=1S/C13H18/c1-13(2,3)12-8-6-11(7-9-12)10-4-5-10/h6-10H,4-5H2,1-3H3. The zero-order valence-electron chi connectivity index (χ0n) is 8.80. The predicted molar refractivity (Wildman–Crippen MR) is 57.1 cm³/mol. The SMILES string of the molecule is CC(C)(C)c1ccc(C2CC2)cc1. The van der Waals surface area contributed by atoms with E-state index < -0.39 is 0 Å². The van der Waals surface area contributed by atoms with E-state index in [1.165, 1.54) is 24.0 Å². The van der Waals surface area contributed by atoms with Crippen molar-refractivity contribution in [1.82, 2.24) is 0 Å². The van der Waals surface area contributed by atoms with Crippen molar-refractivity contribution in [1.29, 1.82) is 0 Å². The van der Waals surface area contributed by atoms with Crippen molar-refractivity contribution in [3.05, 3.63) is 35.4 Å². The van der Waals surface area contributed by atoms with Gasteiger partial charge in [0.25, 0.3) is 0 Å². The Morgan fingerprint density at radius 2 is 1.54 bits per heavy atom. The Bertz CT molecular complexity index is 283. The molecule has 1 aliphatic rings. The molecule has 1 aliphatic carbocycles. The van der Waals surface area contributed by atoms with E-state index in [1.807, 2.05) is 0 Å². The molecule has 0 bridgehead atoms. The second-order valence-electron chi connectivity index (χ2n) is 5.15. The van der Waals surface area contributed by atoms with Gasteiger partial charge in [0, 0.05) is 0 Å². The fourth-order valence-corrected chi connectivity index (χ4v) is 1.67. The summed E-state index contributed by atoms with van der Waals surface area (Å²) in [5.74, 6) is 0.883. The molecule has 0 aromatic heterocycles. The molecule has 0 atom stereocenters. The van der Waals surface area contributed by atoms with Gasteiger partial charge in [0.05, 0.1) is 0 Å². The molecule has 1 fully saturated rings. The quantitative estimate of drug-likeness (QED) is 0.606. The third-order valence-electron chi connectivity index (χ3n) is 2.83. The van der Waals surface area contributed by atoms with Crippen LogP contribution in [0.15, 0.2) is 24.3 Å². The fourth-order valence-electron chi connectivity index (χ4n) is 1.67. The molecule has 0 amide bonds. The smallest absolute Gasteiger partial charge is 0.0132 e. The van der Waals surface area contributed by atoms with Crippen LogP contribution in [0.4, 0.5) is 0 Å². The summed E-state index contributed by atoms with van der Waals surface area (Å²) >= 11 is 0. The van der Waals surface area contributed by atoms with Gasteiger partial charge in [-0.15, -0.1) is 0 Å². The largest absolute Gasteiger partial charge is 0.0585 e. The average Bonchev–Trinajstić information content (AvgIpc) is 2.85. The number of benzene rings is 1. The van der Waals surface area contributed by atoms with E-state index in [4.69, 9.17) is 0 Å². The molecule has 1 aromatic carbocycles. The van der Waals surface area contributed by atoms with Gasteiger partial charge in [0.2, 0.25) is 0 Å². The predicted octanol–water partition coefficient (Wildman–Crippen LogP) is 3.86. The minimum Gasteiger partial charge on any atom is -0.0585 e. The maximum atomic E-state index is 2.30. The van der Waals surface area contributed by atoms with Crippen molar-refractivity contribution in [3.63, 3.8) is 0 Å². The monoisotopic (exact) mass is 174 g/mol. The molecule has 0 spiro atoms. The van der Waals surface area contributed by atoms with Gasteiger partial charge >= 0.3 is 0 Å². The first-order chi connectivity index (χ1) is 6.07. The van der Waals surface area contributed by atoms with Crippen LogP contribution in [0.5, 0.6) is 0 Å². The molecule has 1 saturated carbocycles. The second kappa shape index (κ2) is 2.87. The van der Waals surface area contributed by atoms with Gasteiger partial charge in [-0.3, -0.25) is 0 Å². The Morgan fingerprint density at radius 1 is 1.00 bits per heavy atom. The highest BCUT2D eigenvalue weighted by Gasteiger charge is 2.23. The van der Waals surface area contributed by atoms with Crippen LogP contribution in [0.3, 0.4) is 0 Å². The van der Waals surface area contributed by atoms with Crippen molar-refractivity contribution in [2.45, 2.75) is 44.9 Å². The van der Waals surface area contributed by atoms with Gasteiger partial charge in [0.15, 0.2) is 0 Å². The van der Waals surface area contributed by atoms with Gasteiger partial charge in [-0.1, -0.05) is 45.0 Å². The highest BCUT2D eigenvalue weighted by atomic mass is 14.3. The molecule has 0 unspecified atom stereocenters. The lowest BCUT2D eigenvalue weighted by Gasteiger charge is -2.19. The van der Waals surface area contributed by atoms with Gasteiger partial charge in [-0.2, -0.15) is 0 Å². The zero-order valence-corrected chi connectivity index (χ0v) is 8.80. The summed E-state index contributed by atoms with van der Waals surface area (Å²) < 4.78 is 0. The number of hydrogen-bond acceptors (Lipinski definition) is 0.